The molecule has 4 aromatic rings. The highest BCUT2D eigenvalue weighted by molar-refractivity contribution is 7.07. The molecule has 5 rings (SSSR count). The average molecular weight is 579 g/mol. The van der Waals surface area contributed by atoms with Gasteiger partial charge in [0.25, 0.3) is 5.56 Å². The summed E-state index contributed by atoms with van der Waals surface area (Å²) in [5.41, 5.74) is 1.50. The number of thiazole rings is 1. The molecule has 204 valence electrons. The maximum absolute atomic E-state index is 13.8. The highest BCUT2D eigenvalue weighted by Gasteiger charge is 2.33. The Labute approximate surface area is 237 Å². The first-order valence-corrected chi connectivity index (χ1v) is 13.2. The van der Waals surface area contributed by atoms with Crippen molar-refractivity contribution in [3.05, 3.63) is 102 Å². The lowest BCUT2D eigenvalue weighted by Crippen LogP contribution is -2.39. The third-order valence-electron chi connectivity index (χ3n) is 6.22. The van der Waals surface area contributed by atoms with Gasteiger partial charge in [-0.05, 0) is 48.9 Å². The van der Waals surface area contributed by atoms with Gasteiger partial charge in [0.15, 0.2) is 16.3 Å². The van der Waals surface area contributed by atoms with E-state index in [1.54, 1.807) is 49.4 Å². The van der Waals surface area contributed by atoms with E-state index in [0.29, 0.717) is 37.1 Å². The average Bonchev–Trinajstić information content (AvgIpc) is 3.51. The number of halogens is 1. The number of benzene rings is 2. The summed E-state index contributed by atoms with van der Waals surface area (Å²) < 4.78 is 23.5. The number of esters is 2. The molecular weight excluding hydrogens is 556 g/mol. The molecule has 1 atom stereocenters. The second kappa shape index (κ2) is 11.0. The SMILES string of the molecule is COC(=O)C1=C(C)N=c2s/c(=C/c3ccc(-c4ccccc4Cl)o3)c(=O)n2[C@H]1c1ccc(OC(C)=O)c(OC)c1. The zero-order valence-electron chi connectivity index (χ0n) is 21.9. The fourth-order valence-electron chi connectivity index (χ4n) is 4.47. The maximum Gasteiger partial charge on any atom is 0.338 e. The zero-order chi connectivity index (χ0) is 28.6. The molecule has 0 bridgehead atoms. The van der Waals surface area contributed by atoms with Crippen LogP contribution in [0, 0.1) is 0 Å². The third kappa shape index (κ3) is 4.99. The largest absolute Gasteiger partial charge is 0.493 e. The lowest BCUT2D eigenvalue weighted by molar-refractivity contribution is -0.136. The van der Waals surface area contributed by atoms with E-state index in [1.165, 1.54) is 37.0 Å². The van der Waals surface area contributed by atoms with Gasteiger partial charge in [-0.2, -0.15) is 0 Å². The molecule has 0 saturated heterocycles. The van der Waals surface area contributed by atoms with E-state index in [2.05, 4.69) is 4.99 Å². The number of furan rings is 1. The van der Waals surface area contributed by atoms with Crippen molar-refractivity contribution in [2.24, 2.45) is 4.99 Å². The predicted molar refractivity (Wildman–Crippen MR) is 149 cm³/mol. The number of hydrogen-bond donors (Lipinski definition) is 0. The summed E-state index contributed by atoms with van der Waals surface area (Å²) in [6.07, 6.45) is 1.63. The monoisotopic (exact) mass is 578 g/mol. The van der Waals surface area contributed by atoms with Crippen molar-refractivity contribution in [1.82, 2.24) is 4.57 Å². The van der Waals surface area contributed by atoms with Gasteiger partial charge < -0.3 is 18.6 Å². The number of aromatic nitrogens is 1. The predicted octanol–water partition coefficient (Wildman–Crippen LogP) is 4.26. The number of methoxy groups -OCH3 is 2. The van der Waals surface area contributed by atoms with Crippen molar-refractivity contribution in [2.45, 2.75) is 19.9 Å². The van der Waals surface area contributed by atoms with Crippen LogP contribution in [0.25, 0.3) is 17.4 Å². The highest BCUT2D eigenvalue weighted by Crippen LogP contribution is 2.36. The zero-order valence-corrected chi connectivity index (χ0v) is 23.5. The van der Waals surface area contributed by atoms with Crippen molar-refractivity contribution in [3.8, 4) is 22.8 Å². The number of rotatable bonds is 6. The molecule has 2 aromatic carbocycles. The molecule has 0 unspecified atom stereocenters. The van der Waals surface area contributed by atoms with E-state index in [0.717, 1.165) is 5.56 Å². The number of carbonyl (C=O) groups is 2. The molecule has 9 nitrogen and oxygen atoms in total. The fourth-order valence-corrected chi connectivity index (χ4v) is 5.72. The van der Waals surface area contributed by atoms with Crippen molar-refractivity contribution >= 4 is 41.0 Å². The quantitative estimate of drug-likeness (QED) is 0.248. The Hall–Kier alpha value is -4.41. The highest BCUT2D eigenvalue weighted by atomic mass is 35.5. The van der Waals surface area contributed by atoms with Crippen LogP contribution >= 0.6 is 22.9 Å². The molecular formula is C29H23ClN2O7S. The molecule has 1 aliphatic heterocycles. The summed E-state index contributed by atoms with van der Waals surface area (Å²) >= 11 is 7.47. The number of hydrogen-bond acceptors (Lipinski definition) is 9. The van der Waals surface area contributed by atoms with Gasteiger partial charge in [0, 0.05) is 18.6 Å². The molecule has 0 radical (unpaired) electrons. The van der Waals surface area contributed by atoms with Gasteiger partial charge >= 0.3 is 11.9 Å². The minimum atomic E-state index is -0.874. The standard InChI is InChI=1S/C29H23ClN2O7S/c1-15-25(28(35)37-4)26(17-9-11-22(38-16(2)33)23(13-17)36-3)32-27(34)24(40-29(32)31-15)14-18-10-12-21(39-18)19-7-5-6-8-20(19)30/h5-14,26H,1-4H3/b24-14+/t26-/m0/s1. The summed E-state index contributed by atoms with van der Waals surface area (Å²) in [5.74, 6) is 0.342. The summed E-state index contributed by atoms with van der Waals surface area (Å²) in [7, 11) is 2.70. The first-order valence-electron chi connectivity index (χ1n) is 12.0. The first kappa shape index (κ1) is 27.2. The number of carbonyl (C=O) groups excluding carboxylic acids is 2. The third-order valence-corrected chi connectivity index (χ3v) is 7.54. The molecule has 0 saturated carbocycles. The Morgan fingerprint density at radius 1 is 1.10 bits per heavy atom. The van der Waals surface area contributed by atoms with E-state index in [4.69, 9.17) is 30.2 Å². The number of fused-ring (bicyclic) bond motifs is 1. The second-order valence-electron chi connectivity index (χ2n) is 8.76. The van der Waals surface area contributed by atoms with E-state index in [9.17, 15) is 14.4 Å². The molecule has 0 aliphatic carbocycles. The van der Waals surface area contributed by atoms with Crippen LogP contribution in [0.5, 0.6) is 11.5 Å². The van der Waals surface area contributed by atoms with Crippen LogP contribution in [-0.4, -0.2) is 30.7 Å². The van der Waals surface area contributed by atoms with Crippen LogP contribution in [0.2, 0.25) is 5.02 Å². The number of nitrogens with zero attached hydrogens (tertiary/aromatic N) is 2. The first-order chi connectivity index (χ1) is 19.2. The summed E-state index contributed by atoms with van der Waals surface area (Å²) in [5, 5.41) is 0.545. The molecule has 0 amide bonds. The molecule has 0 fully saturated rings. The molecule has 0 spiro atoms. The van der Waals surface area contributed by atoms with Crippen LogP contribution in [0.1, 0.15) is 31.2 Å². The van der Waals surface area contributed by atoms with Gasteiger partial charge in [-0.15, -0.1) is 0 Å². The van der Waals surface area contributed by atoms with E-state index in [1.807, 2.05) is 18.2 Å². The number of ether oxygens (including phenoxy) is 3. The lowest BCUT2D eigenvalue weighted by atomic mass is 9.95. The van der Waals surface area contributed by atoms with Crippen LogP contribution in [0.3, 0.4) is 0 Å². The fraction of sp³-hybridized carbons (Fsp3) is 0.172. The maximum atomic E-state index is 13.8. The van der Waals surface area contributed by atoms with Crippen molar-refractivity contribution in [3.63, 3.8) is 0 Å². The van der Waals surface area contributed by atoms with E-state index < -0.39 is 18.0 Å². The Bertz CT molecular complexity index is 1870. The van der Waals surface area contributed by atoms with Crippen molar-refractivity contribution in [1.29, 1.82) is 0 Å². The smallest absolute Gasteiger partial charge is 0.338 e. The molecule has 2 aromatic heterocycles. The second-order valence-corrected chi connectivity index (χ2v) is 10.2. The Kier molecular flexibility index (Phi) is 7.46. The summed E-state index contributed by atoms with van der Waals surface area (Å²) in [6.45, 7) is 2.96. The molecule has 40 heavy (non-hydrogen) atoms. The molecule has 3 heterocycles. The van der Waals surface area contributed by atoms with Gasteiger partial charge in [-0.1, -0.05) is 41.1 Å². The molecule has 0 N–H and O–H groups in total. The Balaban J connectivity index is 1.66. The lowest BCUT2D eigenvalue weighted by Gasteiger charge is -2.25. The number of allylic oxidation sites excluding steroid dienone is 1. The summed E-state index contributed by atoms with van der Waals surface area (Å²) in [4.78, 5) is 43.2. The van der Waals surface area contributed by atoms with E-state index >= 15 is 0 Å². The minimum absolute atomic E-state index is 0.197. The van der Waals surface area contributed by atoms with Gasteiger partial charge in [-0.3, -0.25) is 14.2 Å². The Morgan fingerprint density at radius 3 is 2.58 bits per heavy atom. The summed E-state index contributed by atoms with van der Waals surface area (Å²) in [6, 6.07) is 14.8. The van der Waals surface area contributed by atoms with Gasteiger partial charge in [0.1, 0.15) is 11.5 Å². The van der Waals surface area contributed by atoms with Gasteiger partial charge in [-0.25, -0.2) is 9.79 Å². The van der Waals surface area contributed by atoms with Crippen molar-refractivity contribution in [2.75, 3.05) is 14.2 Å². The van der Waals surface area contributed by atoms with Crippen LogP contribution < -0.4 is 24.4 Å². The van der Waals surface area contributed by atoms with E-state index in [-0.39, 0.29) is 22.6 Å². The van der Waals surface area contributed by atoms with Gasteiger partial charge in [0.05, 0.1) is 41.1 Å². The molecule has 1 aliphatic rings. The molecule has 11 heteroatoms. The minimum Gasteiger partial charge on any atom is -0.493 e. The van der Waals surface area contributed by atoms with Gasteiger partial charge in [0.2, 0.25) is 0 Å². The Morgan fingerprint density at radius 2 is 1.88 bits per heavy atom. The van der Waals surface area contributed by atoms with Crippen LogP contribution in [0.4, 0.5) is 0 Å². The van der Waals surface area contributed by atoms with Crippen molar-refractivity contribution < 1.29 is 28.2 Å². The van der Waals surface area contributed by atoms with Crippen LogP contribution in [0.15, 0.2) is 80.1 Å². The van der Waals surface area contributed by atoms with Crippen LogP contribution in [-0.2, 0) is 14.3 Å². The normalized spacial score (nSPS) is 14.9. The topological polar surface area (TPSA) is 109 Å².